The van der Waals surface area contributed by atoms with Crippen LogP contribution in [0.15, 0.2) is 46.9 Å². The maximum atomic E-state index is 12.4. The molecule has 0 heterocycles. The zero-order valence-electron chi connectivity index (χ0n) is 14.4. The van der Waals surface area contributed by atoms with E-state index < -0.39 is 21.5 Å². The molecule has 0 saturated carbocycles. The topological polar surface area (TPSA) is 63.7 Å². The van der Waals surface area contributed by atoms with E-state index in [-0.39, 0.29) is 12.3 Å². The lowest BCUT2D eigenvalue weighted by molar-refractivity contribution is -0.127. The number of methoxy groups -OCH3 is 1. The minimum absolute atomic E-state index is 0.180. The van der Waals surface area contributed by atoms with Crippen molar-refractivity contribution < 1.29 is 17.9 Å². The van der Waals surface area contributed by atoms with Crippen molar-refractivity contribution in [2.45, 2.75) is 12.3 Å². The molecule has 0 aliphatic heterocycles. The molecule has 0 aliphatic rings. The van der Waals surface area contributed by atoms with E-state index >= 15 is 0 Å². The average Bonchev–Trinajstić information content (AvgIpc) is 2.56. The van der Waals surface area contributed by atoms with Gasteiger partial charge in [-0.3, -0.25) is 4.79 Å². The quantitative estimate of drug-likeness (QED) is 0.632. The minimum atomic E-state index is -3.57. The summed E-state index contributed by atoms with van der Waals surface area (Å²) in [7, 11) is -0.493. The second kappa shape index (κ2) is 8.88. The Balaban J connectivity index is 2.04. The number of carbonyl (C=O) groups excluding carboxylic acids is 1. The lowest BCUT2D eigenvalue weighted by atomic mass is 10.2. The zero-order chi connectivity index (χ0) is 19.3. The predicted molar refractivity (Wildman–Crippen MR) is 106 cm³/mol. The highest BCUT2D eigenvalue weighted by Gasteiger charge is 2.21. The van der Waals surface area contributed by atoms with Gasteiger partial charge in [-0.15, -0.1) is 0 Å². The molecule has 26 heavy (non-hydrogen) atoms. The first-order chi connectivity index (χ1) is 12.2. The highest BCUT2D eigenvalue weighted by atomic mass is 79.9. The van der Waals surface area contributed by atoms with Crippen LogP contribution in [-0.4, -0.2) is 39.1 Å². The number of rotatable bonds is 7. The van der Waals surface area contributed by atoms with Crippen molar-refractivity contribution in [2.75, 3.05) is 19.9 Å². The van der Waals surface area contributed by atoms with E-state index in [0.717, 1.165) is 4.47 Å². The Bertz CT molecular complexity index is 885. The Kier molecular flexibility index (Phi) is 7.08. The number of benzene rings is 2. The van der Waals surface area contributed by atoms with E-state index in [4.69, 9.17) is 16.3 Å². The van der Waals surface area contributed by atoms with E-state index in [1.807, 2.05) is 0 Å². The third-order valence-corrected chi connectivity index (χ3v) is 5.94. The summed E-state index contributed by atoms with van der Waals surface area (Å²) < 4.78 is 30.8. The lowest BCUT2D eigenvalue weighted by Gasteiger charge is -2.19. The van der Waals surface area contributed by atoms with Crippen LogP contribution in [0.25, 0.3) is 0 Å². The Morgan fingerprint density at radius 1 is 1.19 bits per heavy atom. The van der Waals surface area contributed by atoms with Crippen molar-refractivity contribution in [3.8, 4) is 5.75 Å². The van der Waals surface area contributed by atoms with Crippen LogP contribution in [0.3, 0.4) is 0 Å². The molecule has 0 aliphatic carbocycles. The number of carbonyl (C=O) groups is 1. The first-order valence-corrected chi connectivity index (χ1v) is 10.7. The summed E-state index contributed by atoms with van der Waals surface area (Å²) in [5, 5.41) is 0.518. The molecular formula is C18H19BrClNO4S. The van der Waals surface area contributed by atoms with Gasteiger partial charge in [0, 0.05) is 28.7 Å². The first-order valence-electron chi connectivity index (χ1n) is 7.71. The van der Waals surface area contributed by atoms with Crippen molar-refractivity contribution in [3.05, 3.63) is 63.1 Å². The van der Waals surface area contributed by atoms with Crippen LogP contribution in [0, 0.1) is 0 Å². The monoisotopic (exact) mass is 459 g/mol. The molecule has 0 aromatic heterocycles. The molecule has 5 nitrogen and oxygen atoms in total. The second-order valence-corrected chi connectivity index (χ2v) is 9.28. The minimum Gasteiger partial charge on any atom is -0.496 e. The number of halogens is 2. The number of hydrogen-bond acceptors (Lipinski definition) is 4. The van der Waals surface area contributed by atoms with Crippen molar-refractivity contribution >= 4 is 43.3 Å². The maximum absolute atomic E-state index is 12.4. The SMILES string of the molecule is COc1ccc(Cl)cc1CN(C)C(=O)CS(=O)(=O)Cc1ccc(Br)cc1. The molecule has 0 saturated heterocycles. The standard InChI is InChI=1S/C18H19BrClNO4S/c1-21(10-14-9-16(20)7-8-17(14)25-2)18(22)12-26(23,24)11-13-3-5-15(19)6-4-13/h3-9H,10-12H2,1-2H3. The zero-order valence-corrected chi connectivity index (χ0v) is 17.6. The van der Waals surface area contributed by atoms with Gasteiger partial charge < -0.3 is 9.64 Å². The van der Waals surface area contributed by atoms with Crippen LogP contribution in [-0.2, 0) is 26.9 Å². The molecular weight excluding hydrogens is 442 g/mol. The molecule has 0 fully saturated rings. The number of nitrogens with zero attached hydrogens (tertiary/aromatic N) is 1. The van der Waals surface area contributed by atoms with Crippen molar-refractivity contribution in [1.82, 2.24) is 4.90 Å². The van der Waals surface area contributed by atoms with Crippen molar-refractivity contribution in [2.24, 2.45) is 0 Å². The molecule has 8 heteroatoms. The van der Waals surface area contributed by atoms with Gasteiger partial charge in [0.15, 0.2) is 9.84 Å². The lowest BCUT2D eigenvalue weighted by Crippen LogP contribution is -2.32. The molecule has 0 atom stereocenters. The van der Waals surface area contributed by atoms with Crippen LogP contribution in [0.2, 0.25) is 5.02 Å². The predicted octanol–water partition coefficient (Wildman–Crippen LogP) is 3.68. The summed E-state index contributed by atoms with van der Waals surface area (Å²) in [6, 6.07) is 12.1. The van der Waals surface area contributed by atoms with Gasteiger partial charge >= 0.3 is 0 Å². The second-order valence-electron chi connectivity index (χ2n) is 5.86. The molecule has 2 aromatic carbocycles. The van der Waals surface area contributed by atoms with Gasteiger partial charge in [-0.05, 0) is 35.9 Å². The van der Waals surface area contributed by atoms with Gasteiger partial charge in [-0.25, -0.2) is 8.42 Å². The van der Waals surface area contributed by atoms with Crippen LogP contribution in [0.1, 0.15) is 11.1 Å². The Morgan fingerprint density at radius 2 is 1.85 bits per heavy atom. The number of sulfone groups is 1. The van der Waals surface area contributed by atoms with E-state index in [1.165, 1.54) is 12.0 Å². The fourth-order valence-electron chi connectivity index (χ4n) is 2.40. The highest BCUT2D eigenvalue weighted by Crippen LogP contribution is 2.24. The molecule has 2 rings (SSSR count). The molecule has 2 aromatic rings. The molecule has 0 unspecified atom stereocenters. The fourth-order valence-corrected chi connectivity index (χ4v) is 4.26. The normalized spacial score (nSPS) is 11.2. The smallest absolute Gasteiger partial charge is 0.237 e. The van der Waals surface area contributed by atoms with Crippen LogP contribution >= 0.6 is 27.5 Å². The summed E-state index contributed by atoms with van der Waals surface area (Å²) in [5.74, 6) is -0.626. The van der Waals surface area contributed by atoms with Gasteiger partial charge in [0.25, 0.3) is 0 Å². The molecule has 0 radical (unpaired) electrons. The summed E-state index contributed by atoms with van der Waals surface area (Å²) in [5.41, 5.74) is 1.35. The van der Waals surface area contributed by atoms with Gasteiger partial charge in [-0.2, -0.15) is 0 Å². The van der Waals surface area contributed by atoms with Gasteiger partial charge in [0.1, 0.15) is 11.5 Å². The summed E-state index contributed by atoms with van der Waals surface area (Å²) in [6.45, 7) is 0.205. The number of hydrogen-bond donors (Lipinski definition) is 0. The first kappa shape index (κ1) is 20.7. The largest absolute Gasteiger partial charge is 0.496 e. The van der Waals surface area contributed by atoms with Crippen LogP contribution in [0.5, 0.6) is 5.75 Å². The average molecular weight is 461 g/mol. The molecule has 0 bridgehead atoms. The van der Waals surface area contributed by atoms with E-state index in [1.54, 1.807) is 49.5 Å². The molecule has 140 valence electrons. The highest BCUT2D eigenvalue weighted by molar-refractivity contribution is 9.10. The van der Waals surface area contributed by atoms with Crippen LogP contribution < -0.4 is 4.74 Å². The van der Waals surface area contributed by atoms with E-state index in [2.05, 4.69) is 15.9 Å². The van der Waals surface area contributed by atoms with Gasteiger partial charge in [0.2, 0.25) is 5.91 Å². The van der Waals surface area contributed by atoms with Crippen molar-refractivity contribution in [1.29, 1.82) is 0 Å². The number of ether oxygens (including phenoxy) is 1. The fraction of sp³-hybridized carbons (Fsp3) is 0.278. The van der Waals surface area contributed by atoms with Gasteiger partial charge in [0.05, 0.1) is 12.9 Å². The third-order valence-electron chi connectivity index (χ3n) is 3.72. The molecule has 0 N–H and O–H groups in total. The molecule has 0 spiro atoms. The van der Waals surface area contributed by atoms with Crippen molar-refractivity contribution in [3.63, 3.8) is 0 Å². The summed E-state index contributed by atoms with van der Waals surface area (Å²) >= 11 is 9.29. The Labute approximate surface area is 167 Å². The van der Waals surface area contributed by atoms with E-state index in [0.29, 0.717) is 21.9 Å². The Morgan fingerprint density at radius 3 is 2.46 bits per heavy atom. The summed E-state index contributed by atoms with van der Waals surface area (Å²) in [4.78, 5) is 13.7. The van der Waals surface area contributed by atoms with E-state index in [9.17, 15) is 13.2 Å². The van der Waals surface area contributed by atoms with Crippen LogP contribution in [0.4, 0.5) is 0 Å². The Hall–Kier alpha value is -1.57. The summed E-state index contributed by atoms with van der Waals surface area (Å²) in [6.07, 6.45) is 0. The maximum Gasteiger partial charge on any atom is 0.237 e. The third kappa shape index (κ3) is 6.00. The number of amides is 1. The van der Waals surface area contributed by atoms with Gasteiger partial charge in [-0.1, -0.05) is 39.7 Å². The molecule has 1 amide bonds.